The third-order valence-electron chi connectivity index (χ3n) is 2.98. The van der Waals surface area contributed by atoms with Crippen LogP contribution in [-0.2, 0) is 9.59 Å². The maximum atomic E-state index is 11.0. The molecule has 5 heteroatoms. The van der Waals surface area contributed by atoms with Crippen LogP contribution in [0.5, 0.6) is 0 Å². The highest BCUT2D eigenvalue weighted by Gasteiger charge is 2.38. The van der Waals surface area contributed by atoms with Gasteiger partial charge >= 0.3 is 11.9 Å². The highest BCUT2D eigenvalue weighted by Crippen LogP contribution is 2.24. The second kappa shape index (κ2) is 5.65. The minimum absolute atomic E-state index is 0.320. The molecule has 5 nitrogen and oxygen atoms in total. The van der Waals surface area contributed by atoms with Gasteiger partial charge in [0, 0.05) is 13.1 Å². The average molecular weight is 227 g/mol. The molecule has 1 rings (SSSR count). The van der Waals surface area contributed by atoms with Gasteiger partial charge in [-0.25, -0.2) is 0 Å². The molecule has 1 aliphatic rings. The van der Waals surface area contributed by atoms with Gasteiger partial charge in [-0.3, -0.25) is 9.59 Å². The van der Waals surface area contributed by atoms with Crippen molar-refractivity contribution in [3.63, 3.8) is 0 Å². The summed E-state index contributed by atoms with van der Waals surface area (Å²) < 4.78 is 0. The van der Waals surface area contributed by atoms with E-state index in [1.807, 2.05) is 4.90 Å². The molecule has 0 aromatic carbocycles. The topological polar surface area (TPSA) is 77.8 Å². The molecule has 2 unspecified atom stereocenters. The van der Waals surface area contributed by atoms with Crippen LogP contribution in [0, 0.1) is 11.8 Å². The van der Waals surface area contributed by atoms with E-state index in [9.17, 15) is 9.59 Å². The van der Waals surface area contributed by atoms with Crippen LogP contribution in [0.3, 0.4) is 0 Å². The average Bonchev–Trinajstić information content (AvgIpc) is 2.25. The maximum absolute atomic E-state index is 11.0. The number of carboxylic acid groups (broad SMARTS) is 2. The van der Waals surface area contributed by atoms with Crippen LogP contribution in [0.1, 0.15) is 12.8 Å². The van der Waals surface area contributed by atoms with Crippen LogP contribution in [-0.4, -0.2) is 46.7 Å². The molecular weight excluding hydrogens is 210 g/mol. The van der Waals surface area contributed by atoms with Crippen molar-refractivity contribution in [1.29, 1.82) is 0 Å². The standard InChI is InChI=1S/C11H17NO4/c1-2-3-5-12-6-4-8(10(13)14)9(7-12)11(15)16/h2,8-9H,1,3-7H2,(H,13,14)(H,15,16). The second-order valence-electron chi connectivity index (χ2n) is 4.06. The zero-order chi connectivity index (χ0) is 12.1. The summed E-state index contributed by atoms with van der Waals surface area (Å²) in [5.41, 5.74) is 0. The summed E-state index contributed by atoms with van der Waals surface area (Å²) in [6.07, 6.45) is 2.98. The Bertz CT molecular complexity index is 290. The zero-order valence-corrected chi connectivity index (χ0v) is 9.13. The Balaban J connectivity index is 2.61. The van der Waals surface area contributed by atoms with Crippen molar-refractivity contribution < 1.29 is 19.8 Å². The number of aliphatic carboxylic acids is 2. The maximum Gasteiger partial charge on any atom is 0.308 e. The molecule has 0 radical (unpaired) electrons. The smallest absolute Gasteiger partial charge is 0.308 e. The molecule has 0 amide bonds. The predicted octanol–water partition coefficient (Wildman–Crippen LogP) is 0.670. The van der Waals surface area contributed by atoms with Crippen molar-refractivity contribution in [3.8, 4) is 0 Å². The molecule has 0 bridgehead atoms. The first-order valence-electron chi connectivity index (χ1n) is 5.35. The number of hydrogen-bond acceptors (Lipinski definition) is 3. The predicted molar refractivity (Wildman–Crippen MR) is 58.1 cm³/mol. The van der Waals surface area contributed by atoms with E-state index in [0.717, 1.165) is 13.0 Å². The molecule has 0 aromatic rings. The summed E-state index contributed by atoms with van der Waals surface area (Å²) in [5.74, 6) is -3.57. The molecule has 0 saturated carbocycles. The summed E-state index contributed by atoms with van der Waals surface area (Å²) in [6, 6.07) is 0. The lowest BCUT2D eigenvalue weighted by Gasteiger charge is -2.34. The fourth-order valence-corrected chi connectivity index (χ4v) is 2.04. The number of hydrogen-bond donors (Lipinski definition) is 2. The van der Waals surface area contributed by atoms with E-state index < -0.39 is 23.8 Å². The Morgan fingerprint density at radius 1 is 1.31 bits per heavy atom. The fraction of sp³-hybridized carbons (Fsp3) is 0.636. The molecular formula is C11H17NO4. The second-order valence-corrected chi connectivity index (χ2v) is 4.06. The van der Waals surface area contributed by atoms with E-state index in [1.54, 1.807) is 6.08 Å². The van der Waals surface area contributed by atoms with Crippen molar-refractivity contribution in [3.05, 3.63) is 12.7 Å². The minimum Gasteiger partial charge on any atom is -0.481 e. The van der Waals surface area contributed by atoms with Gasteiger partial charge in [0.05, 0.1) is 11.8 Å². The largest absolute Gasteiger partial charge is 0.481 e. The molecule has 0 aliphatic carbocycles. The summed E-state index contributed by atoms with van der Waals surface area (Å²) in [6.45, 7) is 5.32. The van der Waals surface area contributed by atoms with Gasteiger partial charge in [-0.2, -0.15) is 0 Å². The first kappa shape index (κ1) is 12.7. The van der Waals surface area contributed by atoms with E-state index in [4.69, 9.17) is 10.2 Å². The Labute approximate surface area is 94.4 Å². The van der Waals surface area contributed by atoms with Crippen molar-refractivity contribution in [2.75, 3.05) is 19.6 Å². The summed E-state index contributed by atoms with van der Waals surface area (Å²) in [7, 11) is 0. The molecule has 90 valence electrons. The summed E-state index contributed by atoms with van der Waals surface area (Å²) in [4.78, 5) is 23.9. The lowest BCUT2D eigenvalue weighted by Crippen LogP contribution is -2.46. The SMILES string of the molecule is C=CCCN1CCC(C(=O)O)C(C(=O)O)C1. The lowest BCUT2D eigenvalue weighted by atomic mass is 9.85. The van der Waals surface area contributed by atoms with Crippen molar-refractivity contribution in [2.24, 2.45) is 11.8 Å². The van der Waals surface area contributed by atoms with Crippen LogP contribution < -0.4 is 0 Å². The van der Waals surface area contributed by atoms with Crippen LogP contribution in [0.25, 0.3) is 0 Å². The molecule has 1 saturated heterocycles. The van der Waals surface area contributed by atoms with E-state index >= 15 is 0 Å². The van der Waals surface area contributed by atoms with Gasteiger partial charge < -0.3 is 15.1 Å². The quantitative estimate of drug-likeness (QED) is 0.675. The van der Waals surface area contributed by atoms with Gasteiger partial charge in [0.1, 0.15) is 0 Å². The Morgan fingerprint density at radius 3 is 2.44 bits per heavy atom. The Kier molecular flexibility index (Phi) is 4.49. The highest BCUT2D eigenvalue weighted by atomic mass is 16.4. The molecule has 16 heavy (non-hydrogen) atoms. The molecule has 1 heterocycles. The van der Waals surface area contributed by atoms with Crippen LogP contribution >= 0.6 is 0 Å². The van der Waals surface area contributed by atoms with Gasteiger partial charge in [-0.05, 0) is 19.4 Å². The molecule has 2 N–H and O–H groups in total. The number of rotatable bonds is 5. The van der Waals surface area contributed by atoms with Crippen molar-refractivity contribution in [1.82, 2.24) is 4.90 Å². The first-order valence-corrected chi connectivity index (χ1v) is 5.35. The van der Waals surface area contributed by atoms with Gasteiger partial charge in [0.2, 0.25) is 0 Å². The Morgan fingerprint density at radius 2 is 1.94 bits per heavy atom. The van der Waals surface area contributed by atoms with Gasteiger partial charge in [0.25, 0.3) is 0 Å². The number of nitrogens with zero attached hydrogens (tertiary/aromatic N) is 1. The molecule has 2 atom stereocenters. The monoisotopic (exact) mass is 227 g/mol. The summed E-state index contributed by atoms with van der Waals surface area (Å²) in [5, 5.41) is 17.9. The van der Waals surface area contributed by atoms with E-state index in [0.29, 0.717) is 19.5 Å². The summed E-state index contributed by atoms with van der Waals surface area (Å²) >= 11 is 0. The zero-order valence-electron chi connectivity index (χ0n) is 9.13. The first-order chi connectivity index (χ1) is 7.56. The number of carbonyl (C=O) groups is 2. The van der Waals surface area contributed by atoms with Crippen molar-refractivity contribution in [2.45, 2.75) is 12.8 Å². The molecule has 0 aromatic heterocycles. The van der Waals surface area contributed by atoms with E-state index in [1.165, 1.54) is 0 Å². The third kappa shape index (κ3) is 3.06. The van der Waals surface area contributed by atoms with Crippen LogP contribution in [0.2, 0.25) is 0 Å². The van der Waals surface area contributed by atoms with Gasteiger partial charge in [-0.15, -0.1) is 6.58 Å². The highest BCUT2D eigenvalue weighted by molar-refractivity contribution is 5.80. The van der Waals surface area contributed by atoms with E-state index in [-0.39, 0.29) is 0 Å². The van der Waals surface area contributed by atoms with Crippen LogP contribution in [0.4, 0.5) is 0 Å². The minimum atomic E-state index is -1.02. The molecule has 0 spiro atoms. The Hall–Kier alpha value is -1.36. The molecule has 1 aliphatic heterocycles. The fourth-order valence-electron chi connectivity index (χ4n) is 2.04. The van der Waals surface area contributed by atoms with E-state index in [2.05, 4.69) is 6.58 Å². The number of likely N-dealkylation sites (tertiary alicyclic amines) is 1. The number of carboxylic acids is 2. The van der Waals surface area contributed by atoms with Gasteiger partial charge in [-0.1, -0.05) is 6.08 Å². The van der Waals surface area contributed by atoms with Crippen molar-refractivity contribution >= 4 is 11.9 Å². The van der Waals surface area contributed by atoms with Gasteiger partial charge in [0.15, 0.2) is 0 Å². The van der Waals surface area contributed by atoms with Crippen LogP contribution in [0.15, 0.2) is 12.7 Å². The lowest BCUT2D eigenvalue weighted by molar-refractivity contribution is -0.157. The number of piperidine rings is 1. The normalized spacial score (nSPS) is 26.2. The third-order valence-corrected chi connectivity index (χ3v) is 2.98. The molecule has 1 fully saturated rings.